The Bertz CT molecular complexity index is 1170. The number of rotatable bonds is 5. The van der Waals surface area contributed by atoms with E-state index in [1.807, 2.05) is 0 Å². The Labute approximate surface area is 178 Å². The zero-order valence-electron chi connectivity index (χ0n) is 15.9. The maximum Gasteiger partial charge on any atom is 0.309 e. The van der Waals surface area contributed by atoms with Crippen molar-refractivity contribution in [2.45, 2.75) is 24.3 Å². The molecule has 4 rings (SSSR count). The Hall–Kier alpha value is -2.49. The maximum atomic E-state index is 13.1. The minimum absolute atomic E-state index is 0.0340. The van der Waals surface area contributed by atoms with E-state index in [9.17, 15) is 17.6 Å². The van der Waals surface area contributed by atoms with Crippen LogP contribution in [0.1, 0.15) is 18.5 Å². The van der Waals surface area contributed by atoms with Gasteiger partial charge >= 0.3 is 5.97 Å². The molecule has 0 saturated carbocycles. The molecule has 0 radical (unpaired) electrons. The van der Waals surface area contributed by atoms with Crippen molar-refractivity contribution < 1.29 is 22.3 Å². The van der Waals surface area contributed by atoms with Gasteiger partial charge in [0, 0.05) is 25.5 Å². The number of sulfonamides is 1. The number of carbonyl (C=O) groups is 1. The lowest BCUT2D eigenvalue weighted by atomic mass is 9.98. The minimum Gasteiger partial charge on any atom is -0.459 e. The van der Waals surface area contributed by atoms with Gasteiger partial charge in [-0.15, -0.1) is 0 Å². The van der Waals surface area contributed by atoms with Crippen LogP contribution in [0.4, 0.5) is 4.39 Å². The molecule has 2 aromatic heterocycles. The monoisotopic (exact) mass is 451 g/mol. The quantitative estimate of drug-likeness (QED) is 0.556. The van der Waals surface area contributed by atoms with Crippen molar-refractivity contribution in [2.75, 3.05) is 13.1 Å². The van der Waals surface area contributed by atoms with Gasteiger partial charge in [-0.05, 0) is 49.2 Å². The Kier molecular flexibility index (Phi) is 5.77. The molecule has 0 spiro atoms. The molecular formula is C20H19ClFN3O4S. The predicted molar refractivity (Wildman–Crippen MR) is 108 cm³/mol. The summed E-state index contributed by atoms with van der Waals surface area (Å²) in [5, 5.41) is 0.575. The second-order valence-electron chi connectivity index (χ2n) is 7.09. The largest absolute Gasteiger partial charge is 0.459 e. The molecule has 1 aliphatic rings. The van der Waals surface area contributed by atoms with Crippen LogP contribution < -0.4 is 0 Å². The van der Waals surface area contributed by atoms with Gasteiger partial charge in [-0.3, -0.25) is 4.79 Å². The molecule has 0 bridgehead atoms. The van der Waals surface area contributed by atoms with Gasteiger partial charge in [0.1, 0.15) is 18.1 Å². The summed E-state index contributed by atoms with van der Waals surface area (Å²) >= 11 is 5.95. The zero-order chi connectivity index (χ0) is 21.3. The van der Waals surface area contributed by atoms with E-state index in [1.54, 1.807) is 28.9 Å². The second-order valence-corrected chi connectivity index (χ2v) is 9.46. The fraction of sp³-hybridized carbons (Fsp3) is 0.300. The van der Waals surface area contributed by atoms with Crippen LogP contribution in [0.2, 0.25) is 5.02 Å². The second kappa shape index (κ2) is 8.33. The number of esters is 1. The summed E-state index contributed by atoms with van der Waals surface area (Å²) in [6, 6.07) is 8.22. The van der Waals surface area contributed by atoms with Crippen LogP contribution in [0.25, 0.3) is 5.65 Å². The molecule has 10 heteroatoms. The summed E-state index contributed by atoms with van der Waals surface area (Å²) in [6.45, 7) is 0.435. The first-order valence-electron chi connectivity index (χ1n) is 9.38. The molecule has 7 nitrogen and oxygen atoms in total. The number of imidazole rings is 1. The maximum absolute atomic E-state index is 13.1. The number of fused-ring (bicyclic) bond motifs is 1. The normalized spacial score (nSPS) is 16.1. The summed E-state index contributed by atoms with van der Waals surface area (Å²) in [6.07, 6.45) is 4.18. The number of nitrogens with zero attached hydrogens (tertiary/aromatic N) is 3. The van der Waals surface area contributed by atoms with Gasteiger partial charge in [-0.1, -0.05) is 11.6 Å². The number of ether oxygens (including phenoxy) is 1. The molecule has 3 aromatic rings. The third kappa shape index (κ3) is 4.33. The van der Waals surface area contributed by atoms with Crippen molar-refractivity contribution in [3.8, 4) is 0 Å². The number of benzene rings is 1. The molecule has 3 heterocycles. The molecule has 0 N–H and O–H groups in total. The van der Waals surface area contributed by atoms with Gasteiger partial charge in [-0.2, -0.15) is 4.31 Å². The molecule has 0 atom stereocenters. The van der Waals surface area contributed by atoms with Gasteiger partial charge in [0.05, 0.1) is 21.5 Å². The lowest BCUT2D eigenvalue weighted by molar-refractivity contribution is -0.151. The first-order valence-corrected chi connectivity index (χ1v) is 11.2. The van der Waals surface area contributed by atoms with Crippen LogP contribution in [-0.2, 0) is 26.2 Å². The number of pyridine rings is 1. The topological polar surface area (TPSA) is 81.0 Å². The van der Waals surface area contributed by atoms with Gasteiger partial charge < -0.3 is 9.14 Å². The standard InChI is InChI=1S/C20H19ClFN3O4S/c21-15-1-6-19-23-17(12-24(19)11-15)13-29-20(26)14-7-9-25(10-8-14)30(27,28)18-4-2-16(22)3-5-18/h1-6,11-12,14H,7-10,13H2. The fourth-order valence-electron chi connectivity index (χ4n) is 3.44. The highest BCUT2D eigenvalue weighted by Crippen LogP contribution is 2.25. The van der Waals surface area contributed by atoms with E-state index in [0.29, 0.717) is 29.2 Å². The van der Waals surface area contributed by atoms with Crippen LogP contribution in [-0.4, -0.2) is 41.2 Å². The summed E-state index contributed by atoms with van der Waals surface area (Å²) in [4.78, 5) is 16.8. The van der Waals surface area contributed by atoms with E-state index in [-0.39, 0.29) is 36.5 Å². The lowest BCUT2D eigenvalue weighted by Crippen LogP contribution is -2.40. The molecule has 1 saturated heterocycles. The van der Waals surface area contributed by atoms with Crippen molar-refractivity contribution in [3.63, 3.8) is 0 Å². The first-order chi connectivity index (χ1) is 14.3. The van der Waals surface area contributed by atoms with Crippen molar-refractivity contribution in [1.29, 1.82) is 0 Å². The molecule has 1 fully saturated rings. The third-order valence-corrected chi connectivity index (χ3v) is 7.20. The summed E-state index contributed by atoms with van der Waals surface area (Å²) < 4.78 is 46.8. The van der Waals surface area contributed by atoms with E-state index in [0.717, 1.165) is 12.1 Å². The lowest BCUT2D eigenvalue weighted by Gasteiger charge is -2.30. The molecule has 1 aliphatic heterocycles. The summed E-state index contributed by atoms with van der Waals surface area (Å²) in [5.41, 5.74) is 1.30. The van der Waals surface area contributed by atoms with E-state index >= 15 is 0 Å². The molecular weight excluding hydrogens is 433 g/mol. The highest BCUT2D eigenvalue weighted by Gasteiger charge is 2.32. The predicted octanol–water partition coefficient (Wildman–Crippen LogP) is 3.27. The highest BCUT2D eigenvalue weighted by molar-refractivity contribution is 7.89. The fourth-order valence-corrected chi connectivity index (χ4v) is 5.07. The van der Waals surface area contributed by atoms with Gasteiger partial charge in [-0.25, -0.2) is 17.8 Å². The van der Waals surface area contributed by atoms with E-state index in [2.05, 4.69) is 4.98 Å². The van der Waals surface area contributed by atoms with Crippen LogP contribution in [0.3, 0.4) is 0 Å². The Balaban J connectivity index is 1.33. The summed E-state index contributed by atoms with van der Waals surface area (Å²) in [5.74, 6) is -1.25. The Morgan fingerprint density at radius 2 is 1.83 bits per heavy atom. The highest BCUT2D eigenvalue weighted by atomic mass is 35.5. The van der Waals surface area contributed by atoms with Gasteiger partial charge in [0.15, 0.2) is 0 Å². The average Bonchev–Trinajstić information content (AvgIpc) is 3.14. The first kappa shape index (κ1) is 20.8. The Morgan fingerprint density at radius 1 is 1.13 bits per heavy atom. The SMILES string of the molecule is O=C(OCc1cn2cc(Cl)ccc2n1)C1CCN(S(=O)(=O)c2ccc(F)cc2)CC1. The summed E-state index contributed by atoms with van der Waals surface area (Å²) in [7, 11) is -3.71. The van der Waals surface area contributed by atoms with Crippen molar-refractivity contribution in [2.24, 2.45) is 5.92 Å². The number of piperidine rings is 1. The Morgan fingerprint density at radius 3 is 2.53 bits per heavy atom. The van der Waals surface area contributed by atoms with Gasteiger partial charge in [0.25, 0.3) is 0 Å². The van der Waals surface area contributed by atoms with Crippen molar-refractivity contribution in [3.05, 3.63) is 65.3 Å². The van der Waals surface area contributed by atoms with E-state index < -0.39 is 15.8 Å². The van der Waals surface area contributed by atoms with Crippen LogP contribution in [0, 0.1) is 11.7 Å². The van der Waals surface area contributed by atoms with Gasteiger partial charge in [0.2, 0.25) is 10.0 Å². The van der Waals surface area contributed by atoms with Crippen molar-refractivity contribution in [1.82, 2.24) is 13.7 Å². The number of hydrogen-bond donors (Lipinski definition) is 0. The molecule has 0 amide bonds. The number of carbonyl (C=O) groups excluding carboxylic acids is 1. The average molecular weight is 452 g/mol. The minimum atomic E-state index is -3.71. The van der Waals surface area contributed by atoms with E-state index in [1.165, 1.54) is 16.4 Å². The zero-order valence-corrected chi connectivity index (χ0v) is 17.4. The van der Waals surface area contributed by atoms with Crippen LogP contribution in [0.5, 0.6) is 0 Å². The van der Waals surface area contributed by atoms with Crippen LogP contribution in [0.15, 0.2) is 53.7 Å². The van der Waals surface area contributed by atoms with Crippen LogP contribution >= 0.6 is 11.6 Å². The smallest absolute Gasteiger partial charge is 0.309 e. The molecule has 158 valence electrons. The van der Waals surface area contributed by atoms with E-state index in [4.69, 9.17) is 16.3 Å². The molecule has 0 unspecified atom stereocenters. The molecule has 1 aromatic carbocycles. The molecule has 0 aliphatic carbocycles. The number of halogens is 2. The third-order valence-electron chi connectivity index (χ3n) is 5.07. The number of hydrogen-bond acceptors (Lipinski definition) is 5. The molecule has 30 heavy (non-hydrogen) atoms. The van der Waals surface area contributed by atoms with Crippen molar-refractivity contribution >= 4 is 33.2 Å². The number of aromatic nitrogens is 2.